The first-order chi connectivity index (χ1) is 8.60. The van der Waals surface area contributed by atoms with E-state index in [1.54, 1.807) is 0 Å². The van der Waals surface area contributed by atoms with E-state index in [1.807, 2.05) is 0 Å². The smallest absolute Gasteiger partial charge is 0.422 e. The van der Waals surface area contributed by atoms with Crippen molar-refractivity contribution in [2.75, 3.05) is 7.11 Å². The van der Waals surface area contributed by atoms with Crippen molar-refractivity contribution in [2.24, 2.45) is 0 Å². The predicted octanol–water partition coefficient (Wildman–Crippen LogP) is 0.869. The summed E-state index contributed by atoms with van der Waals surface area (Å²) in [5.41, 5.74) is -3.32. The number of aliphatic carboxylic acids is 1. The van der Waals surface area contributed by atoms with Crippen molar-refractivity contribution in [3.05, 3.63) is 0 Å². The second-order valence-corrected chi connectivity index (χ2v) is 4.55. The lowest BCUT2D eigenvalue weighted by atomic mass is 9.89. The van der Waals surface area contributed by atoms with E-state index in [9.17, 15) is 22.8 Å². The van der Waals surface area contributed by atoms with Crippen LogP contribution in [0.3, 0.4) is 0 Å². The van der Waals surface area contributed by atoms with Crippen molar-refractivity contribution < 1.29 is 32.6 Å². The van der Waals surface area contributed by atoms with Crippen molar-refractivity contribution in [1.82, 2.24) is 10.6 Å². The molecule has 19 heavy (non-hydrogen) atoms. The Labute approximate surface area is 107 Å². The molecule has 6 nitrogen and oxygen atoms in total. The fourth-order valence-electron chi connectivity index (χ4n) is 1.57. The van der Waals surface area contributed by atoms with E-state index in [1.165, 1.54) is 12.4 Å². The van der Waals surface area contributed by atoms with Crippen LogP contribution in [0.5, 0.6) is 0 Å². The lowest BCUT2D eigenvalue weighted by molar-refractivity contribution is -0.203. The van der Waals surface area contributed by atoms with Crippen LogP contribution in [0, 0.1) is 0 Å². The highest BCUT2D eigenvalue weighted by atomic mass is 19.4. The average molecular weight is 284 g/mol. The van der Waals surface area contributed by atoms with Gasteiger partial charge in [0, 0.05) is 13.2 Å². The van der Waals surface area contributed by atoms with Gasteiger partial charge in [-0.1, -0.05) is 0 Å². The molecule has 0 spiro atoms. The van der Waals surface area contributed by atoms with Crippen LogP contribution in [0.25, 0.3) is 0 Å². The number of carbonyl (C=O) groups is 2. The Bertz CT molecular complexity index is 368. The van der Waals surface area contributed by atoms with Gasteiger partial charge in [-0.25, -0.2) is 9.59 Å². The molecule has 0 aliphatic heterocycles. The van der Waals surface area contributed by atoms with Gasteiger partial charge >= 0.3 is 18.2 Å². The van der Waals surface area contributed by atoms with Crippen LogP contribution >= 0.6 is 0 Å². The van der Waals surface area contributed by atoms with E-state index < -0.39 is 23.7 Å². The molecule has 9 heteroatoms. The zero-order chi connectivity index (χ0) is 14.8. The first-order valence-corrected chi connectivity index (χ1v) is 5.51. The van der Waals surface area contributed by atoms with Crippen molar-refractivity contribution in [3.8, 4) is 0 Å². The molecule has 1 aliphatic rings. The summed E-state index contributed by atoms with van der Waals surface area (Å²) < 4.78 is 42.8. The molecule has 3 N–H and O–H groups in total. The standard InChI is InChI=1S/C10H15F3N2O4/c1-9(7(16)17,10(11,12)13)15-8(18)14-5-3-6(4-5)19-2/h5-6H,3-4H2,1-2H3,(H,16,17)(H2,14,15,18). The third-order valence-electron chi connectivity index (χ3n) is 3.12. The van der Waals surface area contributed by atoms with E-state index >= 15 is 0 Å². The Balaban J connectivity index is 2.57. The number of ether oxygens (including phenoxy) is 1. The summed E-state index contributed by atoms with van der Waals surface area (Å²) in [6, 6.07) is -1.47. The van der Waals surface area contributed by atoms with Crippen molar-refractivity contribution in [1.29, 1.82) is 0 Å². The van der Waals surface area contributed by atoms with E-state index in [4.69, 9.17) is 9.84 Å². The molecule has 110 valence electrons. The molecule has 0 saturated heterocycles. The maximum absolute atomic E-state index is 12.6. The molecule has 0 bridgehead atoms. The lowest BCUT2D eigenvalue weighted by Crippen LogP contribution is -2.65. The highest BCUT2D eigenvalue weighted by molar-refractivity contribution is 5.86. The van der Waals surface area contributed by atoms with Gasteiger partial charge in [0.25, 0.3) is 0 Å². The zero-order valence-electron chi connectivity index (χ0n) is 10.4. The monoisotopic (exact) mass is 284 g/mol. The maximum atomic E-state index is 12.6. The summed E-state index contributed by atoms with van der Waals surface area (Å²) in [7, 11) is 1.49. The van der Waals surface area contributed by atoms with Crippen molar-refractivity contribution >= 4 is 12.0 Å². The Morgan fingerprint density at radius 2 is 1.84 bits per heavy atom. The second kappa shape index (κ2) is 5.24. The number of hydrogen-bond acceptors (Lipinski definition) is 3. The number of alkyl halides is 3. The number of nitrogens with one attached hydrogen (secondary N) is 2. The van der Waals surface area contributed by atoms with Gasteiger partial charge in [0.05, 0.1) is 6.10 Å². The fraction of sp³-hybridized carbons (Fsp3) is 0.800. The zero-order valence-corrected chi connectivity index (χ0v) is 10.4. The van der Waals surface area contributed by atoms with Gasteiger partial charge in [0.15, 0.2) is 0 Å². The number of urea groups is 1. The third kappa shape index (κ3) is 3.28. The van der Waals surface area contributed by atoms with Gasteiger partial charge in [-0.2, -0.15) is 13.2 Å². The number of halogens is 3. The molecule has 1 saturated carbocycles. The molecule has 0 radical (unpaired) electrons. The summed E-state index contributed by atoms with van der Waals surface area (Å²) in [4.78, 5) is 22.1. The number of carboxylic acid groups (broad SMARTS) is 1. The quantitative estimate of drug-likeness (QED) is 0.714. The van der Waals surface area contributed by atoms with Gasteiger partial charge < -0.3 is 20.5 Å². The SMILES string of the molecule is COC1CC(NC(=O)NC(C)(C(=O)O)C(F)(F)F)C1. The minimum absolute atomic E-state index is 0.0289. The summed E-state index contributed by atoms with van der Waals surface area (Å²) >= 11 is 0. The van der Waals surface area contributed by atoms with Gasteiger partial charge in [0.2, 0.25) is 5.54 Å². The van der Waals surface area contributed by atoms with Crippen LogP contribution in [0.2, 0.25) is 0 Å². The second-order valence-electron chi connectivity index (χ2n) is 4.55. The van der Waals surface area contributed by atoms with Gasteiger partial charge in [-0.15, -0.1) is 0 Å². The molecular formula is C10H15F3N2O4. The van der Waals surface area contributed by atoms with Crippen LogP contribution < -0.4 is 10.6 Å². The van der Waals surface area contributed by atoms with Gasteiger partial charge in [-0.3, -0.25) is 0 Å². The minimum Gasteiger partial charge on any atom is -0.479 e. The molecule has 1 aliphatic carbocycles. The topological polar surface area (TPSA) is 87.7 Å². The average Bonchev–Trinajstić information content (AvgIpc) is 2.20. The Hall–Kier alpha value is -1.51. The third-order valence-corrected chi connectivity index (χ3v) is 3.12. The molecule has 0 aromatic carbocycles. The van der Waals surface area contributed by atoms with Crippen LogP contribution in [-0.2, 0) is 9.53 Å². The molecule has 1 unspecified atom stereocenters. The molecule has 0 heterocycles. The minimum atomic E-state index is -5.09. The highest BCUT2D eigenvalue weighted by Crippen LogP contribution is 2.30. The summed E-state index contributed by atoms with van der Waals surface area (Å²) in [5.74, 6) is -2.17. The highest BCUT2D eigenvalue weighted by Gasteiger charge is 2.58. The summed E-state index contributed by atoms with van der Waals surface area (Å²) in [6.07, 6.45) is -4.15. The number of carbonyl (C=O) groups excluding carboxylic acids is 1. The lowest BCUT2D eigenvalue weighted by Gasteiger charge is -2.36. The number of methoxy groups -OCH3 is 1. The first kappa shape index (κ1) is 15.5. The molecule has 0 aromatic rings. The van der Waals surface area contributed by atoms with Gasteiger partial charge in [-0.05, 0) is 19.8 Å². The number of hydrogen-bond donors (Lipinski definition) is 3. The van der Waals surface area contributed by atoms with Crippen LogP contribution in [0.4, 0.5) is 18.0 Å². The van der Waals surface area contributed by atoms with Crippen molar-refractivity contribution in [3.63, 3.8) is 0 Å². The number of carboxylic acids is 1. The first-order valence-electron chi connectivity index (χ1n) is 5.51. The molecule has 0 aromatic heterocycles. The van der Waals surface area contributed by atoms with Crippen LogP contribution in [0.15, 0.2) is 0 Å². The predicted molar refractivity (Wildman–Crippen MR) is 57.6 cm³/mol. The summed E-state index contributed by atoms with van der Waals surface area (Å²) in [5, 5.41) is 12.3. The molecule has 1 rings (SSSR count). The maximum Gasteiger partial charge on any atom is 0.422 e. The number of amides is 2. The van der Waals surface area contributed by atoms with Gasteiger partial charge in [0.1, 0.15) is 0 Å². The van der Waals surface area contributed by atoms with E-state index in [2.05, 4.69) is 5.32 Å². The fourth-order valence-corrected chi connectivity index (χ4v) is 1.57. The Kier molecular flexibility index (Phi) is 4.28. The van der Waals surface area contributed by atoms with E-state index in [0.717, 1.165) is 0 Å². The Morgan fingerprint density at radius 3 is 2.21 bits per heavy atom. The molecule has 1 atom stereocenters. The van der Waals surface area contributed by atoms with Crippen molar-refractivity contribution in [2.45, 2.75) is 43.6 Å². The molecule has 1 fully saturated rings. The van der Waals surface area contributed by atoms with E-state index in [-0.39, 0.29) is 12.1 Å². The van der Waals surface area contributed by atoms with Crippen LogP contribution in [0.1, 0.15) is 19.8 Å². The Morgan fingerprint density at radius 1 is 1.32 bits per heavy atom. The molecule has 2 amide bonds. The largest absolute Gasteiger partial charge is 0.479 e. The van der Waals surface area contributed by atoms with E-state index in [0.29, 0.717) is 19.8 Å². The number of rotatable bonds is 4. The summed E-state index contributed by atoms with van der Waals surface area (Å²) in [6.45, 7) is 0.396. The normalized spacial score (nSPS) is 25.9. The molecular weight excluding hydrogens is 269 g/mol. The van der Waals surface area contributed by atoms with Crippen LogP contribution in [-0.4, -0.2) is 48.1 Å².